The molecule has 0 saturated heterocycles. The maximum absolute atomic E-state index is 5.34. The molecule has 8 heteroatoms. The number of aliphatic imine (C=N–C) groups is 1. The smallest absolute Gasteiger partial charge is 0.242 e. The van der Waals surface area contributed by atoms with E-state index in [-0.39, 0.29) is 6.04 Å². The predicted octanol–water partition coefficient (Wildman–Crippen LogP) is 3.33. The molecule has 2 N–H and O–H groups in total. The van der Waals surface area contributed by atoms with Crippen LogP contribution in [0.4, 0.5) is 5.82 Å². The fourth-order valence-corrected chi connectivity index (χ4v) is 3.04. The second kappa shape index (κ2) is 9.29. The molecule has 3 aromatic rings. The highest BCUT2D eigenvalue weighted by atomic mass is 16.5. The predicted molar refractivity (Wildman–Crippen MR) is 109 cm³/mol. The molecule has 0 bridgehead atoms. The number of benzene rings is 1. The molecule has 3 rings (SSSR count). The van der Waals surface area contributed by atoms with Crippen LogP contribution in [0.5, 0.6) is 5.88 Å². The number of nitrogens with one attached hydrogen (secondary N) is 2. The van der Waals surface area contributed by atoms with Crippen LogP contribution >= 0.6 is 0 Å². The molecule has 148 valence electrons. The van der Waals surface area contributed by atoms with Gasteiger partial charge in [0.15, 0.2) is 0 Å². The van der Waals surface area contributed by atoms with Gasteiger partial charge in [-0.3, -0.25) is 10.1 Å². The van der Waals surface area contributed by atoms with Crippen molar-refractivity contribution in [3.63, 3.8) is 0 Å². The molecule has 0 aliphatic heterocycles. The van der Waals surface area contributed by atoms with E-state index in [0.29, 0.717) is 24.9 Å². The van der Waals surface area contributed by atoms with E-state index in [1.54, 1.807) is 21.3 Å². The maximum Gasteiger partial charge on any atom is 0.242 e. The first kappa shape index (κ1) is 19.8. The van der Waals surface area contributed by atoms with Gasteiger partial charge in [-0.2, -0.15) is 0 Å². The molecule has 0 spiro atoms. The van der Waals surface area contributed by atoms with E-state index >= 15 is 0 Å². The summed E-state index contributed by atoms with van der Waals surface area (Å²) in [4.78, 5) is 9.42. The van der Waals surface area contributed by atoms with Gasteiger partial charge in [0, 0.05) is 20.3 Å². The first-order valence-electron chi connectivity index (χ1n) is 8.92. The summed E-state index contributed by atoms with van der Waals surface area (Å²) in [5.74, 6) is 1.87. The minimum Gasteiger partial charge on any atom is -0.479 e. The SMILES string of the molecule is COCc1nc(NC(C)=NC(COC)c2ccccc2)cc2[nH]nc(OC)c12. The number of methoxy groups -OCH3 is 3. The number of nitrogens with zero attached hydrogens (tertiary/aromatic N) is 3. The molecule has 2 aromatic heterocycles. The number of hydrogen-bond acceptors (Lipinski definition) is 6. The molecule has 0 fully saturated rings. The zero-order valence-electron chi connectivity index (χ0n) is 16.5. The molecule has 1 atom stereocenters. The molecular weight excluding hydrogens is 358 g/mol. The molecule has 8 nitrogen and oxygen atoms in total. The van der Waals surface area contributed by atoms with Crippen LogP contribution in [0, 0.1) is 0 Å². The normalized spacial score (nSPS) is 12.9. The van der Waals surface area contributed by atoms with E-state index in [1.807, 2.05) is 43.3 Å². The van der Waals surface area contributed by atoms with Gasteiger partial charge >= 0.3 is 0 Å². The van der Waals surface area contributed by atoms with Crippen molar-refractivity contribution in [2.45, 2.75) is 19.6 Å². The van der Waals surface area contributed by atoms with Gasteiger partial charge in [0.05, 0.1) is 42.8 Å². The van der Waals surface area contributed by atoms with Gasteiger partial charge < -0.3 is 19.5 Å². The van der Waals surface area contributed by atoms with Crippen molar-refractivity contribution in [2.75, 3.05) is 33.3 Å². The lowest BCUT2D eigenvalue weighted by Crippen LogP contribution is -2.14. The van der Waals surface area contributed by atoms with Crippen LogP contribution in [0.2, 0.25) is 0 Å². The Bertz CT molecular complexity index is 940. The third-order valence-corrected chi connectivity index (χ3v) is 4.23. The molecule has 0 radical (unpaired) electrons. The van der Waals surface area contributed by atoms with E-state index in [2.05, 4.69) is 20.5 Å². The number of hydrogen-bond donors (Lipinski definition) is 2. The van der Waals surface area contributed by atoms with Crippen LogP contribution in [0.15, 0.2) is 41.4 Å². The second-order valence-corrected chi connectivity index (χ2v) is 6.26. The molecule has 28 heavy (non-hydrogen) atoms. The number of anilines is 1. The topological polar surface area (TPSA) is 93.7 Å². The van der Waals surface area contributed by atoms with Gasteiger partial charge in [0.2, 0.25) is 5.88 Å². The Morgan fingerprint density at radius 2 is 1.96 bits per heavy atom. The quantitative estimate of drug-likeness (QED) is 0.458. The van der Waals surface area contributed by atoms with E-state index in [1.165, 1.54) is 0 Å². The third-order valence-electron chi connectivity index (χ3n) is 4.23. The zero-order valence-corrected chi connectivity index (χ0v) is 16.5. The van der Waals surface area contributed by atoms with E-state index in [9.17, 15) is 0 Å². The van der Waals surface area contributed by atoms with Gasteiger partial charge in [0.25, 0.3) is 0 Å². The van der Waals surface area contributed by atoms with Crippen molar-refractivity contribution < 1.29 is 14.2 Å². The Kier molecular flexibility index (Phi) is 6.57. The highest BCUT2D eigenvalue weighted by molar-refractivity contribution is 5.95. The van der Waals surface area contributed by atoms with Gasteiger partial charge in [-0.15, -0.1) is 5.10 Å². The number of amidine groups is 1. The molecule has 0 aliphatic carbocycles. The van der Waals surface area contributed by atoms with Crippen LogP contribution in [-0.2, 0) is 16.1 Å². The Morgan fingerprint density at radius 3 is 2.64 bits per heavy atom. The van der Waals surface area contributed by atoms with E-state index < -0.39 is 0 Å². The molecule has 2 heterocycles. The second-order valence-electron chi connectivity index (χ2n) is 6.26. The van der Waals surface area contributed by atoms with Crippen LogP contribution in [-0.4, -0.2) is 49.0 Å². The fraction of sp³-hybridized carbons (Fsp3) is 0.350. The number of pyridine rings is 1. The largest absolute Gasteiger partial charge is 0.479 e. The maximum atomic E-state index is 5.34. The minimum atomic E-state index is -0.104. The van der Waals surface area contributed by atoms with Crippen molar-refractivity contribution in [1.29, 1.82) is 0 Å². The minimum absolute atomic E-state index is 0.104. The van der Waals surface area contributed by atoms with Crippen molar-refractivity contribution in [1.82, 2.24) is 15.2 Å². The van der Waals surface area contributed by atoms with Gasteiger partial charge in [-0.05, 0) is 12.5 Å². The van der Waals surface area contributed by atoms with Crippen molar-refractivity contribution in [3.05, 3.63) is 47.7 Å². The number of aromatic amines is 1. The third kappa shape index (κ3) is 4.47. The van der Waals surface area contributed by atoms with Crippen molar-refractivity contribution in [3.8, 4) is 5.88 Å². The van der Waals surface area contributed by atoms with Crippen molar-refractivity contribution in [2.24, 2.45) is 4.99 Å². The van der Waals surface area contributed by atoms with Crippen LogP contribution in [0.25, 0.3) is 10.9 Å². The standard InChI is InChI=1S/C20H25N5O3/c1-13(21-16(11-26-2)14-8-6-5-7-9-14)22-18-10-15-19(17(23-18)12-27-3)20(28-4)25-24-15/h5-10,16H,11-12H2,1-4H3,(H,24,25)(H,21,22,23). The van der Waals surface area contributed by atoms with E-state index in [0.717, 1.165) is 28.0 Å². The van der Waals surface area contributed by atoms with Crippen LogP contribution in [0.3, 0.4) is 0 Å². The number of aromatic nitrogens is 3. The summed E-state index contributed by atoms with van der Waals surface area (Å²) in [6.07, 6.45) is 0. The Hall–Kier alpha value is -2.97. The lowest BCUT2D eigenvalue weighted by molar-refractivity contribution is 0.181. The highest BCUT2D eigenvalue weighted by Crippen LogP contribution is 2.28. The van der Waals surface area contributed by atoms with Crippen LogP contribution in [0.1, 0.15) is 24.2 Å². The molecule has 0 amide bonds. The number of rotatable bonds is 8. The van der Waals surface area contributed by atoms with E-state index in [4.69, 9.17) is 19.2 Å². The number of H-pyrrole nitrogens is 1. The molecule has 0 aliphatic rings. The first-order chi connectivity index (χ1) is 13.7. The van der Waals surface area contributed by atoms with Gasteiger partial charge in [0.1, 0.15) is 11.9 Å². The summed E-state index contributed by atoms with van der Waals surface area (Å²) < 4.78 is 15.9. The lowest BCUT2D eigenvalue weighted by Gasteiger charge is -2.14. The van der Waals surface area contributed by atoms with Crippen molar-refractivity contribution >= 4 is 22.6 Å². The number of ether oxygens (including phenoxy) is 3. The molecular formula is C20H25N5O3. The average Bonchev–Trinajstić information content (AvgIpc) is 3.12. The molecule has 0 saturated carbocycles. The summed E-state index contributed by atoms with van der Waals surface area (Å²) in [5, 5.41) is 11.2. The number of fused-ring (bicyclic) bond motifs is 1. The zero-order chi connectivity index (χ0) is 19.9. The summed E-state index contributed by atoms with van der Waals surface area (Å²) in [7, 11) is 4.88. The summed E-state index contributed by atoms with van der Waals surface area (Å²) in [5.41, 5.74) is 2.63. The summed E-state index contributed by atoms with van der Waals surface area (Å²) in [6, 6.07) is 11.8. The monoisotopic (exact) mass is 383 g/mol. The highest BCUT2D eigenvalue weighted by Gasteiger charge is 2.15. The van der Waals surface area contributed by atoms with Gasteiger partial charge in [-0.1, -0.05) is 30.3 Å². The van der Waals surface area contributed by atoms with Gasteiger partial charge in [-0.25, -0.2) is 4.98 Å². The fourth-order valence-electron chi connectivity index (χ4n) is 3.04. The summed E-state index contributed by atoms with van der Waals surface area (Å²) >= 11 is 0. The molecule has 1 aromatic carbocycles. The molecule has 1 unspecified atom stereocenters. The lowest BCUT2D eigenvalue weighted by atomic mass is 10.1. The van der Waals surface area contributed by atoms with Crippen LogP contribution < -0.4 is 10.1 Å². The average molecular weight is 383 g/mol. The summed E-state index contributed by atoms with van der Waals surface area (Å²) in [6.45, 7) is 2.73. The first-order valence-corrected chi connectivity index (χ1v) is 8.92. The Morgan fingerprint density at radius 1 is 1.18 bits per heavy atom. The Balaban J connectivity index is 1.89. The Labute approximate surface area is 163 Å².